The second kappa shape index (κ2) is 20.1. The summed E-state index contributed by atoms with van der Waals surface area (Å²) in [4.78, 5) is 48.3. The van der Waals surface area contributed by atoms with Crippen LogP contribution in [0, 0.1) is 5.41 Å². The van der Waals surface area contributed by atoms with Crippen LogP contribution in [-0.4, -0.2) is 45.9 Å². The van der Waals surface area contributed by atoms with Crippen molar-refractivity contribution in [1.29, 1.82) is 0 Å². The molecule has 1 aromatic heterocycles. The maximum atomic E-state index is 13.5. The van der Waals surface area contributed by atoms with Crippen molar-refractivity contribution in [2.75, 3.05) is 25.1 Å². The number of hydroxylamine groups is 1. The lowest BCUT2D eigenvalue weighted by molar-refractivity contribution is -0.0788. The molecule has 0 bridgehead atoms. The van der Waals surface area contributed by atoms with Crippen LogP contribution >= 0.6 is 7.60 Å². The van der Waals surface area contributed by atoms with E-state index in [-0.39, 0.29) is 13.0 Å². The largest absolute Gasteiger partial charge is 0.363 e. The molecule has 10 nitrogen and oxygen atoms in total. The van der Waals surface area contributed by atoms with Gasteiger partial charge in [0.15, 0.2) is 0 Å². The first-order valence-electron chi connectivity index (χ1n) is 21.6. The molecule has 1 aliphatic rings. The van der Waals surface area contributed by atoms with Gasteiger partial charge in [0.2, 0.25) is 0 Å². The van der Waals surface area contributed by atoms with Crippen LogP contribution in [0.1, 0.15) is 51.8 Å². The number of rotatable bonds is 19. The molecule has 6 aromatic carbocycles. The van der Waals surface area contributed by atoms with Crippen molar-refractivity contribution in [2.24, 2.45) is 5.41 Å². The summed E-state index contributed by atoms with van der Waals surface area (Å²) in [5.74, 6) is 0.395. The zero-order valence-electron chi connectivity index (χ0n) is 36.1. The van der Waals surface area contributed by atoms with Crippen molar-refractivity contribution < 1.29 is 28.7 Å². The molecule has 0 saturated heterocycles. The smallest absolute Gasteiger partial charge is 0.350 e. The molecule has 1 aliphatic carbocycles. The maximum Gasteiger partial charge on any atom is 0.350 e. The molecule has 7 aromatic rings. The van der Waals surface area contributed by atoms with E-state index >= 15 is 0 Å². The van der Waals surface area contributed by atoms with Gasteiger partial charge in [0.1, 0.15) is 23.3 Å². The van der Waals surface area contributed by atoms with Gasteiger partial charge in [0, 0.05) is 23.6 Å². The maximum absolute atomic E-state index is 13.5. The highest BCUT2D eigenvalue weighted by Gasteiger charge is 2.58. The third-order valence-electron chi connectivity index (χ3n) is 12.1. The quantitative estimate of drug-likeness (QED) is 0.0412. The molecule has 65 heavy (non-hydrogen) atoms. The number of benzene rings is 6. The van der Waals surface area contributed by atoms with E-state index in [2.05, 4.69) is 22.1 Å². The van der Waals surface area contributed by atoms with E-state index in [4.69, 9.17) is 14.3 Å². The lowest BCUT2D eigenvalue weighted by Crippen LogP contribution is -2.60. The topological polar surface area (TPSA) is 134 Å². The third kappa shape index (κ3) is 9.51. The Morgan fingerprint density at radius 1 is 0.708 bits per heavy atom. The van der Waals surface area contributed by atoms with Gasteiger partial charge in [-0.05, 0) is 46.2 Å². The summed E-state index contributed by atoms with van der Waals surface area (Å²) in [5, 5.41) is 1.78. The van der Waals surface area contributed by atoms with Crippen LogP contribution in [0.4, 0.5) is 5.82 Å². The Hall–Kier alpha value is -6.49. The Morgan fingerprint density at radius 2 is 1.18 bits per heavy atom. The van der Waals surface area contributed by atoms with E-state index in [0.29, 0.717) is 24.2 Å². The molecule has 1 heterocycles. The van der Waals surface area contributed by atoms with Crippen LogP contribution in [0.3, 0.4) is 0 Å². The standard InChI is InChI=1S/C54H52N3O7P/c1-62-57(50-43(39-55-51(58)56-50)37-42-23-9-2-10-24-42)54(47-31-17-6-18-32-47,48-33-19-7-20-34-48)52(35-21-8-22-36-52)38-49(63-41-65(59,60)61)40-64-53(44-25-11-3-12-26-44,45-27-13-4-14-28-45)46-29-15-5-16-30-46/h2-35,39,49H,36-38,40-41H2,1H3,(H,55,56,58)(H2,59,60,61)/t49?,52-/m0/s1. The molecule has 0 aliphatic heterocycles. The van der Waals surface area contributed by atoms with Gasteiger partial charge in [-0.1, -0.05) is 206 Å². The normalized spacial score (nSPS) is 15.7. The van der Waals surface area contributed by atoms with E-state index in [1.807, 2.05) is 194 Å². The average molecular weight is 886 g/mol. The number of hydrogen-bond acceptors (Lipinski definition) is 7. The average Bonchev–Trinajstić information content (AvgIpc) is 3.35. The van der Waals surface area contributed by atoms with Crippen molar-refractivity contribution >= 4 is 13.4 Å². The Kier molecular flexibility index (Phi) is 14.0. The number of allylic oxidation sites excluding steroid dienone is 3. The van der Waals surface area contributed by atoms with Gasteiger partial charge < -0.3 is 19.3 Å². The molecule has 3 N–H and O–H groups in total. The van der Waals surface area contributed by atoms with Crippen LogP contribution in [0.5, 0.6) is 0 Å². The fraction of sp³-hybridized carbons (Fsp3) is 0.185. The molecule has 0 saturated carbocycles. The van der Waals surface area contributed by atoms with E-state index < -0.39 is 42.3 Å². The zero-order chi connectivity index (χ0) is 45.2. The van der Waals surface area contributed by atoms with Crippen LogP contribution in [-0.2, 0) is 36.4 Å². The minimum atomic E-state index is -4.70. The third-order valence-corrected chi connectivity index (χ3v) is 12.6. The van der Waals surface area contributed by atoms with Gasteiger partial charge in [-0.15, -0.1) is 0 Å². The summed E-state index contributed by atoms with van der Waals surface area (Å²) in [7, 11) is -3.12. The zero-order valence-corrected chi connectivity index (χ0v) is 37.0. The Morgan fingerprint density at radius 3 is 1.63 bits per heavy atom. The summed E-state index contributed by atoms with van der Waals surface area (Å²) < 4.78 is 26.7. The molecule has 0 amide bonds. The molecule has 11 heteroatoms. The molecule has 2 atom stereocenters. The van der Waals surface area contributed by atoms with Crippen LogP contribution in [0.2, 0.25) is 0 Å². The molecular formula is C54H52N3O7P. The molecule has 0 fully saturated rings. The number of ether oxygens (including phenoxy) is 2. The van der Waals surface area contributed by atoms with Crippen LogP contribution in [0.15, 0.2) is 217 Å². The molecule has 8 rings (SSSR count). The Labute approximate surface area is 379 Å². The van der Waals surface area contributed by atoms with Crippen molar-refractivity contribution in [3.05, 3.63) is 262 Å². The Balaban J connectivity index is 1.36. The van der Waals surface area contributed by atoms with E-state index in [1.54, 1.807) is 18.4 Å². The number of nitrogens with zero attached hydrogens (tertiary/aromatic N) is 2. The number of anilines is 1. The van der Waals surface area contributed by atoms with Crippen molar-refractivity contribution in [3.8, 4) is 0 Å². The number of aromatic nitrogens is 2. The number of hydrogen-bond donors (Lipinski definition) is 3. The minimum Gasteiger partial charge on any atom is -0.363 e. The predicted octanol–water partition coefficient (Wildman–Crippen LogP) is 10.1. The molecule has 0 spiro atoms. The van der Waals surface area contributed by atoms with E-state index in [9.17, 15) is 19.1 Å². The SMILES string of the molecule is CON(c1[nH]c(=O)ncc1Cc1ccccc1)C(c1ccccc1)(c1ccccc1)[C@@]1(CC(COC(c2ccccc2)(c2ccccc2)c2ccccc2)OCP(=O)(O)O)C=CC=CC1. The second-order valence-electron chi connectivity index (χ2n) is 16.2. The lowest BCUT2D eigenvalue weighted by Gasteiger charge is -2.56. The number of H-pyrrole nitrogens is 1. The highest BCUT2D eigenvalue weighted by molar-refractivity contribution is 7.51. The minimum absolute atomic E-state index is 0.101. The van der Waals surface area contributed by atoms with Crippen molar-refractivity contribution in [1.82, 2.24) is 9.97 Å². The highest BCUT2D eigenvalue weighted by atomic mass is 31.2. The first-order chi connectivity index (χ1) is 31.7. The summed E-state index contributed by atoms with van der Waals surface area (Å²) in [5.41, 5.74) is 1.83. The monoisotopic (exact) mass is 885 g/mol. The van der Waals surface area contributed by atoms with Gasteiger partial charge >= 0.3 is 13.3 Å². The summed E-state index contributed by atoms with van der Waals surface area (Å²) in [6, 6.07) is 59.7. The first kappa shape index (κ1) is 45.1. The first-order valence-corrected chi connectivity index (χ1v) is 23.4. The van der Waals surface area contributed by atoms with Crippen molar-refractivity contribution in [3.63, 3.8) is 0 Å². The van der Waals surface area contributed by atoms with Crippen LogP contribution < -0.4 is 10.8 Å². The second-order valence-corrected chi connectivity index (χ2v) is 17.8. The summed E-state index contributed by atoms with van der Waals surface area (Å²) in [6.07, 6.45) is 8.96. The fourth-order valence-electron chi connectivity index (χ4n) is 9.46. The summed E-state index contributed by atoms with van der Waals surface area (Å²) >= 11 is 0. The van der Waals surface area contributed by atoms with Gasteiger partial charge in [0.05, 0.1) is 19.8 Å². The van der Waals surface area contributed by atoms with Gasteiger partial charge in [-0.3, -0.25) is 14.4 Å². The summed E-state index contributed by atoms with van der Waals surface area (Å²) in [6.45, 7) is -0.101. The van der Waals surface area contributed by atoms with Gasteiger partial charge in [-0.2, -0.15) is 0 Å². The van der Waals surface area contributed by atoms with E-state index in [0.717, 1.165) is 33.4 Å². The molecule has 0 radical (unpaired) electrons. The van der Waals surface area contributed by atoms with Crippen molar-refractivity contribution in [2.45, 2.75) is 36.5 Å². The Bertz CT molecular complexity index is 2630. The molecular weight excluding hydrogens is 834 g/mol. The molecule has 330 valence electrons. The fourth-order valence-corrected chi connectivity index (χ4v) is 9.87. The van der Waals surface area contributed by atoms with Gasteiger partial charge in [0.25, 0.3) is 0 Å². The lowest BCUT2D eigenvalue weighted by atomic mass is 9.57. The van der Waals surface area contributed by atoms with Crippen LogP contribution in [0.25, 0.3) is 0 Å². The highest BCUT2D eigenvalue weighted by Crippen LogP contribution is 2.58. The number of aromatic amines is 1. The predicted molar refractivity (Wildman–Crippen MR) is 254 cm³/mol. The molecule has 1 unspecified atom stereocenters. The number of nitrogens with one attached hydrogen (secondary N) is 1. The van der Waals surface area contributed by atoms with E-state index in [1.165, 1.54) is 0 Å². The van der Waals surface area contributed by atoms with Gasteiger partial charge in [-0.25, -0.2) is 14.8 Å².